The van der Waals surface area contributed by atoms with Gasteiger partial charge in [0.15, 0.2) is 0 Å². The van der Waals surface area contributed by atoms with Crippen LogP contribution in [0.2, 0.25) is 0 Å². The number of imidazole rings is 1. The van der Waals surface area contributed by atoms with E-state index in [0.29, 0.717) is 18.1 Å². The minimum Gasteiger partial charge on any atom is -0.476 e. The molecule has 160 valence electrons. The van der Waals surface area contributed by atoms with Crippen LogP contribution in [-0.4, -0.2) is 45.7 Å². The van der Waals surface area contributed by atoms with Crippen LogP contribution in [0, 0.1) is 11.3 Å². The van der Waals surface area contributed by atoms with Crippen molar-refractivity contribution in [1.29, 1.82) is 5.26 Å². The normalized spacial score (nSPS) is 14.3. The number of rotatable bonds is 6. The number of nitrogens with zero attached hydrogens (tertiary/aromatic N) is 5. The van der Waals surface area contributed by atoms with Crippen LogP contribution in [-0.2, 0) is 0 Å². The number of fused-ring (bicyclic) bond motifs is 1. The van der Waals surface area contributed by atoms with Crippen molar-refractivity contribution in [2.75, 3.05) is 26.2 Å². The lowest BCUT2D eigenvalue weighted by atomic mass is 10.1. The summed E-state index contributed by atoms with van der Waals surface area (Å²) in [6.45, 7) is 3.98. The molecule has 3 heterocycles. The van der Waals surface area contributed by atoms with E-state index >= 15 is 0 Å². The largest absolute Gasteiger partial charge is 0.476 e. The molecule has 2 aromatic carbocycles. The maximum atomic E-state index is 9.17. The Balaban J connectivity index is 1.29. The Hall–Kier alpha value is -3.69. The van der Waals surface area contributed by atoms with Crippen LogP contribution in [0.1, 0.15) is 24.8 Å². The zero-order valence-electron chi connectivity index (χ0n) is 17.9. The third-order valence-corrected chi connectivity index (χ3v) is 5.98. The van der Waals surface area contributed by atoms with E-state index in [4.69, 9.17) is 4.74 Å². The number of nitriles is 1. The molecule has 1 fully saturated rings. The first-order chi connectivity index (χ1) is 15.8. The Labute approximate surface area is 187 Å². The van der Waals surface area contributed by atoms with Crippen molar-refractivity contribution in [3.8, 4) is 28.8 Å². The average molecular weight is 424 g/mol. The van der Waals surface area contributed by atoms with E-state index in [9.17, 15) is 5.26 Å². The SMILES string of the molecule is N#Cc1cccc(-n2cnc3cc(-c4ccc(OCCN5CCCCC5)nc4)ccc32)c1. The third kappa shape index (κ3) is 4.34. The molecule has 0 saturated carbocycles. The summed E-state index contributed by atoms with van der Waals surface area (Å²) in [7, 11) is 0. The molecule has 0 aliphatic carbocycles. The predicted octanol–water partition coefficient (Wildman–Crippen LogP) is 4.82. The first kappa shape index (κ1) is 20.2. The number of likely N-dealkylation sites (tertiary alicyclic amines) is 1. The molecule has 32 heavy (non-hydrogen) atoms. The van der Waals surface area contributed by atoms with Crippen LogP contribution in [0.3, 0.4) is 0 Å². The summed E-state index contributed by atoms with van der Waals surface area (Å²) in [5, 5.41) is 9.17. The molecule has 1 saturated heterocycles. The van der Waals surface area contributed by atoms with Crippen molar-refractivity contribution in [3.05, 3.63) is 72.7 Å². The van der Waals surface area contributed by atoms with Gasteiger partial charge in [-0.25, -0.2) is 9.97 Å². The lowest BCUT2D eigenvalue weighted by Gasteiger charge is -2.26. The molecule has 0 unspecified atom stereocenters. The topological polar surface area (TPSA) is 67.0 Å². The number of benzene rings is 2. The summed E-state index contributed by atoms with van der Waals surface area (Å²) in [5.41, 5.74) is 5.52. The van der Waals surface area contributed by atoms with E-state index in [0.717, 1.165) is 34.4 Å². The van der Waals surface area contributed by atoms with Crippen molar-refractivity contribution in [3.63, 3.8) is 0 Å². The first-order valence-corrected chi connectivity index (χ1v) is 11.1. The number of hydrogen-bond donors (Lipinski definition) is 0. The second-order valence-electron chi connectivity index (χ2n) is 8.12. The van der Waals surface area contributed by atoms with Crippen LogP contribution >= 0.6 is 0 Å². The predicted molar refractivity (Wildman–Crippen MR) is 125 cm³/mol. The van der Waals surface area contributed by atoms with Gasteiger partial charge in [0.05, 0.1) is 22.7 Å². The van der Waals surface area contributed by atoms with Crippen LogP contribution in [0.25, 0.3) is 27.8 Å². The highest BCUT2D eigenvalue weighted by Gasteiger charge is 2.10. The van der Waals surface area contributed by atoms with Crippen LogP contribution < -0.4 is 4.74 Å². The molecule has 0 amide bonds. The van der Waals surface area contributed by atoms with E-state index in [1.807, 2.05) is 41.1 Å². The van der Waals surface area contributed by atoms with Crippen LogP contribution in [0.4, 0.5) is 0 Å². The molecular weight excluding hydrogens is 398 g/mol. The van der Waals surface area contributed by atoms with Gasteiger partial charge in [-0.3, -0.25) is 9.47 Å². The fraction of sp³-hybridized carbons (Fsp3) is 0.269. The van der Waals surface area contributed by atoms with Gasteiger partial charge < -0.3 is 4.74 Å². The molecule has 0 N–H and O–H groups in total. The van der Waals surface area contributed by atoms with Crippen molar-refractivity contribution in [1.82, 2.24) is 19.4 Å². The van der Waals surface area contributed by atoms with Gasteiger partial charge in [0.25, 0.3) is 0 Å². The van der Waals surface area contributed by atoms with Gasteiger partial charge in [-0.2, -0.15) is 5.26 Å². The maximum Gasteiger partial charge on any atom is 0.213 e. The fourth-order valence-electron chi connectivity index (χ4n) is 4.22. The molecule has 6 nitrogen and oxygen atoms in total. The quantitative estimate of drug-likeness (QED) is 0.445. The van der Waals surface area contributed by atoms with Crippen molar-refractivity contribution in [2.24, 2.45) is 0 Å². The summed E-state index contributed by atoms with van der Waals surface area (Å²) >= 11 is 0. The van der Waals surface area contributed by atoms with Crippen molar-refractivity contribution in [2.45, 2.75) is 19.3 Å². The Morgan fingerprint density at radius 1 is 0.938 bits per heavy atom. The molecule has 0 radical (unpaired) electrons. The third-order valence-electron chi connectivity index (χ3n) is 5.98. The monoisotopic (exact) mass is 423 g/mol. The van der Waals surface area contributed by atoms with E-state index in [2.05, 4.69) is 39.1 Å². The highest BCUT2D eigenvalue weighted by atomic mass is 16.5. The van der Waals surface area contributed by atoms with Gasteiger partial charge in [-0.05, 0) is 67.9 Å². The molecule has 1 aliphatic heterocycles. The smallest absolute Gasteiger partial charge is 0.213 e. The molecule has 6 heteroatoms. The number of aromatic nitrogens is 3. The average Bonchev–Trinajstić information content (AvgIpc) is 3.28. The van der Waals surface area contributed by atoms with Gasteiger partial charge in [-0.15, -0.1) is 0 Å². The standard InChI is InChI=1S/C26H25N5O/c27-17-20-5-4-6-23(15-20)31-19-29-24-16-21(7-9-25(24)31)22-8-10-26(28-18-22)32-14-13-30-11-2-1-3-12-30/h4-10,15-16,18-19H,1-3,11-14H2. The summed E-state index contributed by atoms with van der Waals surface area (Å²) < 4.78 is 7.85. The van der Waals surface area contributed by atoms with Gasteiger partial charge in [-0.1, -0.05) is 18.6 Å². The number of ether oxygens (including phenoxy) is 1. The second kappa shape index (κ2) is 9.21. The summed E-state index contributed by atoms with van der Waals surface area (Å²) in [6.07, 6.45) is 7.58. The van der Waals surface area contributed by atoms with Crippen LogP contribution in [0.5, 0.6) is 5.88 Å². The number of hydrogen-bond acceptors (Lipinski definition) is 5. The zero-order chi connectivity index (χ0) is 21.8. The highest BCUT2D eigenvalue weighted by Crippen LogP contribution is 2.26. The fourth-order valence-corrected chi connectivity index (χ4v) is 4.22. The summed E-state index contributed by atoms with van der Waals surface area (Å²) in [5.74, 6) is 0.661. The van der Waals surface area contributed by atoms with Crippen LogP contribution in [0.15, 0.2) is 67.1 Å². The van der Waals surface area contributed by atoms with E-state index in [1.54, 1.807) is 12.4 Å². The van der Waals surface area contributed by atoms with Gasteiger partial charge >= 0.3 is 0 Å². The van der Waals surface area contributed by atoms with Gasteiger partial charge in [0.2, 0.25) is 5.88 Å². The minimum atomic E-state index is 0.630. The molecule has 0 spiro atoms. The van der Waals surface area contributed by atoms with Gasteiger partial charge in [0, 0.05) is 30.1 Å². The highest BCUT2D eigenvalue weighted by molar-refractivity contribution is 5.83. The Morgan fingerprint density at radius 2 is 1.81 bits per heavy atom. The Morgan fingerprint density at radius 3 is 2.62 bits per heavy atom. The second-order valence-corrected chi connectivity index (χ2v) is 8.12. The Kier molecular flexibility index (Phi) is 5.82. The maximum absolute atomic E-state index is 9.17. The molecule has 1 aliphatic rings. The van der Waals surface area contributed by atoms with E-state index in [1.165, 1.54) is 32.4 Å². The molecular formula is C26H25N5O. The molecule has 5 rings (SSSR count). The summed E-state index contributed by atoms with van der Waals surface area (Å²) in [4.78, 5) is 11.5. The minimum absolute atomic E-state index is 0.630. The van der Waals surface area contributed by atoms with Crippen molar-refractivity contribution < 1.29 is 4.74 Å². The first-order valence-electron chi connectivity index (χ1n) is 11.1. The number of pyridine rings is 1. The summed E-state index contributed by atoms with van der Waals surface area (Å²) in [6, 6.07) is 19.9. The molecule has 4 aromatic rings. The zero-order valence-corrected chi connectivity index (χ0v) is 17.9. The molecule has 0 atom stereocenters. The van der Waals surface area contributed by atoms with E-state index in [-0.39, 0.29) is 0 Å². The lowest BCUT2D eigenvalue weighted by Crippen LogP contribution is -2.33. The van der Waals surface area contributed by atoms with Crippen molar-refractivity contribution >= 4 is 11.0 Å². The lowest BCUT2D eigenvalue weighted by molar-refractivity contribution is 0.180. The molecule has 0 bridgehead atoms. The number of piperidine rings is 1. The van der Waals surface area contributed by atoms with Gasteiger partial charge in [0.1, 0.15) is 12.9 Å². The molecule has 2 aromatic heterocycles. The van der Waals surface area contributed by atoms with E-state index < -0.39 is 0 Å². The Bertz CT molecular complexity index is 1250.